The lowest BCUT2D eigenvalue weighted by atomic mass is 10.1. The number of nitrogens with zero attached hydrogens (tertiary/aromatic N) is 2. The van der Waals surface area contributed by atoms with Gasteiger partial charge in [-0.2, -0.15) is 0 Å². The minimum atomic E-state index is -0.0359. The molecule has 0 saturated heterocycles. The molecule has 0 amide bonds. The third-order valence-electron chi connectivity index (χ3n) is 1.51. The zero-order chi connectivity index (χ0) is 10.7. The lowest BCUT2D eigenvalue weighted by molar-refractivity contribution is -0.111. The summed E-state index contributed by atoms with van der Waals surface area (Å²) in [4.78, 5) is 13.1. The normalized spacial score (nSPS) is 11.6. The van der Waals surface area contributed by atoms with Crippen LogP contribution in [0.5, 0.6) is 0 Å². The first-order chi connectivity index (χ1) is 6.50. The molecular weight excluding hydrogens is 295 g/mol. The third-order valence-corrected chi connectivity index (χ3v) is 2.02. The zero-order valence-corrected chi connectivity index (χ0v) is 10.4. The number of ketones is 1. The van der Waals surface area contributed by atoms with E-state index in [4.69, 9.17) is 4.52 Å². The number of hydrogen-bond acceptors (Lipinski definition) is 4. The van der Waals surface area contributed by atoms with Gasteiger partial charge >= 0.3 is 0 Å². The van der Waals surface area contributed by atoms with Crippen molar-refractivity contribution in [1.29, 1.82) is 0 Å². The van der Waals surface area contributed by atoms with E-state index in [-0.39, 0.29) is 5.78 Å². The molecule has 1 heterocycles. The highest BCUT2D eigenvalue weighted by Gasteiger charge is 2.12. The topological polar surface area (TPSA) is 46.3 Å². The van der Waals surface area contributed by atoms with E-state index in [1.807, 2.05) is 36.7 Å². The Kier molecular flexibility index (Phi) is 3.68. The van der Waals surface area contributed by atoms with Gasteiger partial charge in [0.05, 0.1) is 5.57 Å². The third kappa shape index (κ3) is 2.83. The van der Waals surface area contributed by atoms with E-state index in [2.05, 4.69) is 5.16 Å². The van der Waals surface area contributed by atoms with E-state index >= 15 is 0 Å². The summed E-state index contributed by atoms with van der Waals surface area (Å²) in [5, 5.41) is 3.73. The largest absolute Gasteiger partial charge is 0.383 e. The van der Waals surface area contributed by atoms with E-state index in [1.165, 1.54) is 6.92 Å². The summed E-state index contributed by atoms with van der Waals surface area (Å²) >= 11 is 2.03. The summed E-state index contributed by atoms with van der Waals surface area (Å²) in [7, 11) is 3.70. The van der Waals surface area contributed by atoms with Crippen molar-refractivity contribution in [2.24, 2.45) is 0 Å². The Balaban J connectivity index is 3.07. The van der Waals surface area contributed by atoms with Gasteiger partial charge in [0.15, 0.2) is 11.5 Å². The van der Waals surface area contributed by atoms with E-state index in [0.29, 0.717) is 11.3 Å². The fraction of sp³-hybridized carbons (Fsp3) is 0.333. The predicted octanol–water partition coefficient (Wildman–Crippen LogP) is 1.77. The van der Waals surface area contributed by atoms with Crippen molar-refractivity contribution in [1.82, 2.24) is 10.1 Å². The Morgan fingerprint density at radius 2 is 2.29 bits per heavy atom. The fourth-order valence-electron chi connectivity index (χ4n) is 0.967. The van der Waals surface area contributed by atoms with E-state index in [9.17, 15) is 4.79 Å². The van der Waals surface area contributed by atoms with Gasteiger partial charge in [0.25, 0.3) is 0 Å². The van der Waals surface area contributed by atoms with Gasteiger partial charge in [0, 0.05) is 26.4 Å². The van der Waals surface area contributed by atoms with E-state index in [1.54, 1.807) is 17.2 Å². The fourth-order valence-corrected chi connectivity index (χ4v) is 1.35. The second kappa shape index (κ2) is 4.59. The van der Waals surface area contributed by atoms with E-state index < -0.39 is 0 Å². The summed E-state index contributed by atoms with van der Waals surface area (Å²) in [6.45, 7) is 1.50. The second-order valence-corrected chi connectivity index (χ2v) is 4.18. The molecular formula is C9H11IN2O2. The highest BCUT2D eigenvalue weighted by Crippen LogP contribution is 2.17. The summed E-state index contributed by atoms with van der Waals surface area (Å²) in [6.07, 6.45) is 1.72. The van der Waals surface area contributed by atoms with Crippen LogP contribution in [0.1, 0.15) is 12.7 Å². The molecule has 0 unspecified atom stereocenters. The highest BCUT2D eigenvalue weighted by molar-refractivity contribution is 14.1. The maximum Gasteiger partial charge on any atom is 0.173 e. The summed E-state index contributed by atoms with van der Waals surface area (Å²) in [5.41, 5.74) is 0.533. The van der Waals surface area contributed by atoms with Gasteiger partial charge < -0.3 is 9.42 Å². The number of hydrogen-bond donors (Lipinski definition) is 0. The molecule has 1 rings (SSSR count). The van der Waals surface area contributed by atoms with Crippen molar-refractivity contribution in [2.45, 2.75) is 6.92 Å². The Labute approximate surface area is 96.1 Å². The van der Waals surface area contributed by atoms with Crippen molar-refractivity contribution < 1.29 is 9.32 Å². The SMILES string of the molecule is CC(=O)/C(=C\N(C)C)c1cc(I)no1. The first kappa shape index (κ1) is 11.2. The molecule has 0 aliphatic heterocycles. The maximum absolute atomic E-state index is 11.3. The molecule has 0 spiro atoms. The first-order valence-corrected chi connectivity index (χ1v) is 5.10. The lowest BCUT2D eigenvalue weighted by Crippen LogP contribution is -2.06. The molecule has 1 aromatic rings. The number of allylic oxidation sites excluding steroid dienone is 1. The van der Waals surface area contributed by atoms with Crippen molar-refractivity contribution >= 4 is 33.9 Å². The number of aromatic nitrogens is 1. The van der Waals surface area contributed by atoms with Crippen LogP contribution >= 0.6 is 22.6 Å². The summed E-state index contributed by atoms with van der Waals surface area (Å²) < 4.78 is 5.75. The van der Waals surface area contributed by atoms with Gasteiger partial charge in [-0.15, -0.1) is 0 Å². The van der Waals surface area contributed by atoms with Crippen molar-refractivity contribution in [2.75, 3.05) is 14.1 Å². The smallest absolute Gasteiger partial charge is 0.173 e. The predicted molar refractivity (Wildman–Crippen MR) is 61.6 cm³/mol. The second-order valence-electron chi connectivity index (χ2n) is 3.08. The van der Waals surface area contributed by atoms with Gasteiger partial charge in [-0.3, -0.25) is 4.79 Å². The van der Waals surface area contributed by atoms with Gasteiger partial charge in [-0.05, 0) is 29.5 Å². The average Bonchev–Trinajstić information content (AvgIpc) is 2.46. The molecule has 0 aliphatic carbocycles. The quantitative estimate of drug-likeness (QED) is 0.631. The molecule has 4 nitrogen and oxygen atoms in total. The molecule has 0 radical (unpaired) electrons. The van der Waals surface area contributed by atoms with Crippen LogP contribution in [0.2, 0.25) is 0 Å². The van der Waals surface area contributed by atoms with E-state index in [0.717, 1.165) is 3.70 Å². The molecule has 1 aromatic heterocycles. The van der Waals surface area contributed by atoms with Gasteiger partial charge in [0.1, 0.15) is 3.70 Å². The van der Waals surface area contributed by atoms with Crippen molar-refractivity contribution in [3.63, 3.8) is 0 Å². The molecule has 0 saturated carbocycles. The minimum absolute atomic E-state index is 0.0359. The minimum Gasteiger partial charge on any atom is -0.383 e. The highest BCUT2D eigenvalue weighted by atomic mass is 127. The van der Waals surface area contributed by atoms with Crippen LogP contribution in [0, 0.1) is 3.70 Å². The van der Waals surface area contributed by atoms with Crippen LogP contribution in [0.3, 0.4) is 0 Å². The Morgan fingerprint density at radius 1 is 1.64 bits per heavy atom. The molecule has 0 fully saturated rings. The van der Waals surface area contributed by atoms with Gasteiger partial charge in [-0.1, -0.05) is 5.16 Å². The first-order valence-electron chi connectivity index (χ1n) is 4.02. The molecule has 5 heteroatoms. The number of carbonyl (C=O) groups excluding carboxylic acids is 1. The Hall–Kier alpha value is -0.850. The van der Waals surface area contributed by atoms with Gasteiger partial charge in [-0.25, -0.2) is 0 Å². The Morgan fingerprint density at radius 3 is 2.64 bits per heavy atom. The number of Topliss-reactive ketones (excluding diaryl/α,β-unsaturated/α-hetero) is 1. The Bertz CT molecular complexity index is 369. The molecule has 0 aliphatic rings. The standard InChI is InChI=1S/C9H11IN2O2/c1-6(13)7(5-12(2)3)8-4-9(10)11-14-8/h4-5H,1-3H3/b7-5+. The zero-order valence-electron chi connectivity index (χ0n) is 8.24. The van der Waals surface area contributed by atoms with Crippen LogP contribution < -0.4 is 0 Å². The molecule has 0 atom stereocenters. The van der Waals surface area contributed by atoms with Crippen LogP contribution in [0.4, 0.5) is 0 Å². The lowest BCUT2D eigenvalue weighted by Gasteiger charge is -2.06. The van der Waals surface area contributed by atoms with Crippen LogP contribution in [-0.2, 0) is 4.79 Å². The molecule has 14 heavy (non-hydrogen) atoms. The molecule has 0 aromatic carbocycles. The van der Waals surface area contributed by atoms with Crippen molar-refractivity contribution in [3.05, 3.63) is 21.7 Å². The maximum atomic E-state index is 11.3. The average molecular weight is 306 g/mol. The molecule has 0 bridgehead atoms. The van der Waals surface area contributed by atoms with Crippen molar-refractivity contribution in [3.8, 4) is 0 Å². The number of halogens is 1. The van der Waals surface area contributed by atoms with Gasteiger partial charge in [0.2, 0.25) is 0 Å². The summed E-state index contributed by atoms with van der Waals surface area (Å²) in [5.74, 6) is 0.474. The number of carbonyl (C=O) groups is 1. The van der Waals surface area contributed by atoms with Crippen LogP contribution in [0.25, 0.3) is 5.57 Å². The summed E-state index contributed by atoms with van der Waals surface area (Å²) in [6, 6.07) is 1.73. The number of rotatable bonds is 3. The van der Waals surface area contributed by atoms with Crippen LogP contribution in [0.15, 0.2) is 16.8 Å². The molecule has 0 N–H and O–H groups in total. The van der Waals surface area contributed by atoms with Crippen LogP contribution in [-0.4, -0.2) is 29.9 Å². The monoisotopic (exact) mass is 306 g/mol. The molecule has 76 valence electrons.